The van der Waals surface area contributed by atoms with Crippen LogP contribution >= 0.6 is 11.8 Å². The summed E-state index contributed by atoms with van der Waals surface area (Å²) in [6, 6.07) is 6.84. The molecule has 0 saturated heterocycles. The van der Waals surface area contributed by atoms with Gasteiger partial charge in [0.05, 0.1) is 0 Å². The van der Waals surface area contributed by atoms with Crippen LogP contribution in [-0.2, 0) is 17.6 Å². The van der Waals surface area contributed by atoms with Crippen molar-refractivity contribution in [2.24, 2.45) is 0 Å². The summed E-state index contributed by atoms with van der Waals surface area (Å²) in [6.07, 6.45) is 7.03. The van der Waals surface area contributed by atoms with Gasteiger partial charge in [0, 0.05) is 11.3 Å². The van der Waals surface area contributed by atoms with Crippen molar-refractivity contribution in [3.8, 4) is 0 Å². The summed E-state index contributed by atoms with van der Waals surface area (Å²) in [7, 11) is 0. The summed E-state index contributed by atoms with van der Waals surface area (Å²) >= 11 is 1.90. The number of carboxylic acid groups (broad SMARTS) is 1. The van der Waals surface area contributed by atoms with Crippen LogP contribution in [0.4, 0.5) is 0 Å². The van der Waals surface area contributed by atoms with E-state index in [0.717, 1.165) is 25.0 Å². The van der Waals surface area contributed by atoms with Crippen LogP contribution in [0, 0.1) is 0 Å². The summed E-state index contributed by atoms with van der Waals surface area (Å²) in [5, 5.41) is 8.53. The number of carbonyl (C=O) groups is 1. The van der Waals surface area contributed by atoms with Gasteiger partial charge in [-0.05, 0) is 61.1 Å². The molecule has 0 unspecified atom stereocenters. The predicted molar refractivity (Wildman–Crippen MR) is 75.3 cm³/mol. The highest BCUT2D eigenvalue weighted by Gasteiger charge is 2.10. The van der Waals surface area contributed by atoms with E-state index < -0.39 is 5.97 Å². The third kappa shape index (κ3) is 4.05. The molecule has 0 saturated carbocycles. The molecule has 0 aromatic heterocycles. The van der Waals surface area contributed by atoms with Crippen molar-refractivity contribution in [2.45, 2.75) is 49.8 Å². The average molecular weight is 264 g/mol. The lowest BCUT2D eigenvalue weighted by Crippen LogP contribution is -1.93. The Morgan fingerprint density at radius 2 is 2.00 bits per heavy atom. The molecular weight excluding hydrogens is 244 g/mol. The van der Waals surface area contributed by atoms with Crippen LogP contribution in [0.1, 0.15) is 43.2 Å². The quantitative estimate of drug-likeness (QED) is 0.599. The van der Waals surface area contributed by atoms with Crippen LogP contribution in [0.25, 0.3) is 0 Å². The summed E-state index contributed by atoms with van der Waals surface area (Å²) in [6.45, 7) is 0. The van der Waals surface area contributed by atoms with Crippen LogP contribution < -0.4 is 0 Å². The molecule has 1 aromatic carbocycles. The number of rotatable bonds is 7. The molecule has 1 aliphatic carbocycles. The monoisotopic (exact) mass is 264 g/mol. The standard InChI is InChI=1S/C15H20O2S/c16-15(17)7-2-1-3-10-18-14-9-8-12-5-4-6-13(12)11-14/h8-9,11H,1-7,10H2,(H,16,17). The Morgan fingerprint density at radius 1 is 1.17 bits per heavy atom. The van der Waals surface area contributed by atoms with Gasteiger partial charge in [-0.1, -0.05) is 12.5 Å². The highest BCUT2D eigenvalue weighted by atomic mass is 32.2. The molecule has 0 spiro atoms. The molecule has 2 rings (SSSR count). The van der Waals surface area contributed by atoms with Gasteiger partial charge in [0.2, 0.25) is 0 Å². The Bertz CT molecular complexity index is 415. The number of hydrogen-bond acceptors (Lipinski definition) is 2. The van der Waals surface area contributed by atoms with Crippen molar-refractivity contribution >= 4 is 17.7 Å². The fourth-order valence-corrected chi connectivity index (χ4v) is 3.36. The molecule has 0 aliphatic heterocycles. The van der Waals surface area contributed by atoms with Gasteiger partial charge in [0.25, 0.3) is 0 Å². The second kappa shape index (κ2) is 6.83. The van der Waals surface area contributed by atoms with Crippen molar-refractivity contribution < 1.29 is 9.90 Å². The number of carboxylic acids is 1. The fraction of sp³-hybridized carbons (Fsp3) is 0.533. The van der Waals surface area contributed by atoms with Gasteiger partial charge in [-0.25, -0.2) is 0 Å². The Labute approximate surface area is 113 Å². The Hall–Kier alpha value is -0.960. The Morgan fingerprint density at radius 3 is 2.83 bits per heavy atom. The lowest BCUT2D eigenvalue weighted by molar-refractivity contribution is -0.137. The predicted octanol–water partition coefficient (Wildman–Crippen LogP) is 3.91. The average Bonchev–Trinajstić information content (AvgIpc) is 2.80. The molecule has 3 heteroatoms. The zero-order chi connectivity index (χ0) is 12.8. The van der Waals surface area contributed by atoms with E-state index in [1.54, 1.807) is 0 Å². The fourth-order valence-electron chi connectivity index (χ4n) is 2.38. The zero-order valence-corrected chi connectivity index (χ0v) is 11.5. The zero-order valence-electron chi connectivity index (χ0n) is 10.7. The van der Waals surface area contributed by atoms with Crippen LogP contribution in [0.15, 0.2) is 23.1 Å². The first-order chi connectivity index (χ1) is 8.75. The molecule has 18 heavy (non-hydrogen) atoms. The third-order valence-electron chi connectivity index (χ3n) is 3.37. The summed E-state index contributed by atoms with van der Waals surface area (Å²) in [4.78, 5) is 11.7. The van der Waals surface area contributed by atoms with E-state index in [2.05, 4.69) is 18.2 Å². The van der Waals surface area contributed by atoms with Gasteiger partial charge in [-0.3, -0.25) is 4.79 Å². The lowest BCUT2D eigenvalue weighted by atomic mass is 10.1. The number of thioether (sulfide) groups is 1. The van der Waals surface area contributed by atoms with Gasteiger partial charge in [-0.15, -0.1) is 11.8 Å². The van der Waals surface area contributed by atoms with Gasteiger partial charge >= 0.3 is 5.97 Å². The molecule has 98 valence electrons. The van der Waals surface area contributed by atoms with E-state index in [1.165, 1.54) is 35.3 Å². The van der Waals surface area contributed by atoms with Crippen LogP contribution in [0.5, 0.6) is 0 Å². The molecule has 0 atom stereocenters. The SMILES string of the molecule is O=C(O)CCCCCSc1ccc2c(c1)CCC2. The van der Waals surface area contributed by atoms with E-state index in [-0.39, 0.29) is 0 Å². The maximum atomic E-state index is 10.4. The van der Waals surface area contributed by atoms with Crippen molar-refractivity contribution in [1.29, 1.82) is 0 Å². The van der Waals surface area contributed by atoms with E-state index in [9.17, 15) is 4.79 Å². The smallest absolute Gasteiger partial charge is 0.303 e. The van der Waals surface area contributed by atoms with E-state index in [1.807, 2.05) is 11.8 Å². The molecule has 0 fully saturated rings. The lowest BCUT2D eigenvalue weighted by Gasteiger charge is -2.04. The van der Waals surface area contributed by atoms with Crippen LogP contribution in [0.3, 0.4) is 0 Å². The minimum atomic E-state index is -0.679. The second-order valence-electron chi connectivity index (χ2n) is 4.84. The van der Waals surface area contributed by atoms with Crippen LogP contribution in [-0.4, -0.2) is 16.8 Å². The summed E-state index contributed by atoms with van der Waals surface area (Å²) in [5.74, 6) is 0.416. The van der Waals surface area contributed by atoms with Gasteiger partial charge in [0.1, 0.15) is 0 Å². The van der Waals surface area contributed by atoms with Crippen molar-refractivity contribution in [1.82, 2.24) is 0 Å². The number of hydrogen-bond donors (Lipinski definition) is 1. The minimum absolute atomic E-state index is 0.309. The Balaban J connectivity index is 1.66. The molecule has 0 radical (unpaired) electrons. The van der Waals surface area contributed by atoms with Crippen LogP contribution in [0.2, 0.25) is 0 Å². The molecule has 1 aromatic rings. The third-order valence-corrected chi connectivity index (χ3v) is 4.45. The first-order valence-corrected chi connectivity index (χ1v) is 7.70. The second-order valence-corrected chi connectivity index (χ2v) is 6.01. The first kappa shape index (κ1) is 13.5. The number of fused-ring (bicyclic) bond motifs is 1. The molecule has 0 amide bonds. The van der Waals surface area contributed by atoms with E-state index >= 15 is 0 Å². The molecule has 2 nitrogen and oxygen atoms in total. The normalized spacial score (nSPS) is 13.6. The molecule has 1 N–H and O–H groups in total. The summed E-state index contributed by atoms with van der Waals surface area (Å²) < 4.78 is 0. The summed E-state index contributed by atoms with van der Waals surface area (Å²) in [5.41, 5.74) is 3.06. The maximum absolute atomic E-state index is 10.4. The number of aliphatic carboxylic acids is 1. The molecule has 0 heterocycles. The van der Waals surface area contributed by atoms with E-state index in [4.69, 9.17) is 5.11 Å². The minimum Gasteiger partial charge on any atom is -0.481 e. The molecule has 0 bridgehead atoms. The van der Waals surface area contributed by atoms with Crippen molar-refractivity contribution in [2.75, 3.05) is 5.75 Å². The van der Waals surface area contributed by atoms with E-state index in [0.29, 0.717) is 6.42 Å². The van der Waals surface area contributed by atoms with Crippen molar-refractivity contribution in [3.63, 3.8) is 0 Å². The largest absolute Gasteiger partial charge is 0.481 e. The topological polar surface area (TPSA) is 37.3 Å². The first-order valence-electron chi connectivity index (χ1n) is 6.72. The molecule has 1 aliphatic rings. The number of unbranched alkanes of at least 4 members (excludes halogenated alkanes) is 2. The van der Waals surface area contributed by atoms with Gasteiger partial charge < -0.3 is 5.11 Å². The van der Waals surface area contributed by atoms with Gasteiger partial charge in [0.15, 0.2) is 0 Å². The number of aryl methyl sites for hydroxylation is 2. The Kier molecular flexibility index (Phi) is 5.12. The highest BCUT2D eigenvalue weighted by molar-refractivity contribution is 7.99. The number of benzene rings is 1. The van der Waals surface area contributed by atoms with Gasteiger partial charge in [-0.2, -0.15) is 0 Å². The molecular formula is C15H20O2S. The highest BCUT2D eigenvalue weighted by Crippen LogP contribution is 2.28. The van der Waals surface area contributed by atoms with Crippen molar-refractivity contribution in [3.05, 3.63) is 29.3 Å². The maximum Gasteiger partial charge on any atom is 0.303 e.